The van der Waals surface area contributed by atoms with Gasteiger partial charge in [-0.15, -0.1) is 11.6 Å². The van der Waals surface area contributed by atoms with Gasteiger partial charge in [-0.05, 0) is 13.0 Å². The van der Waals surface area contributed by atoms with Gasteiger partial charge in [0.05, 0.1) is 6.61 Å². The average molecular weight is 228 g/mol. The predicted molar refractivity (Wildman–Crippen MR) is 60.2 cm³/mol. The summed E-state index contributed by atoms with van der Waals surface area (Å²) in [6.07, 6.45) is 0. The van der Waals surface area contributed by atoms with Crippen molar-refractivity contribution in [1.29, 1.82) is 0 Å². The van der Waals surface area contributed by atoms with Crippen molar-refractivity contribution in [3.8, 4) is 5.75 Å². The number of para-hydroxylation sites is 1. The largest absolute Gasteiger partial charge is 0.494 e. The minimum absolute atomic E-state index is 0.0171. The predicted octanol–water partition coefficient (Wildman–Crippen LogP) is 1.94. The quantitative estimate of drug-likeness (QED) is 0.781. The van der Waals surface area contributed by atoms with E-state index in [1.54, 1.807) is 0 Å². The average Bonchev–Trinajstić information content (AvgIpc) is 2.28. The second-order valence-electron chi connectivity index (χ2n) is 2.95. The molecule has 0 radical (unpaired) electrons. The molecule has 0 aliphatic heterocycles. The van der Waals surface area contributed by atoms with Gasteiger partial charge in [0.15, 0.2) is 0 Å². The molecule has 4 heteroatoms. The van der Waals surface area contributed by atoms with Crippen molar-refractivity contribution in [2.75, 3.05) is 12.5 Å². The van der Waals surface area contributed by atoms with Gasteiger partial charge in [-0.1, -0.05) is 18.2 Å². The number of hydrogen-bond acceptors (Lipinski definition) is 2. The van der Waals surface area contributed by atoms with Crippen LogP contribution in [0.5, 0.6) is 5.75 Å². The van der Waals surface area contributed by atoms with Gasteiger partial charge >= 0.3 is 0 Å². The zero-order valence-corrected chi connectivity index (χ0v) is 9.38. The van der Waals surface area contributed by atoms with Crippen LogP contribution in [0.15, 0.2) is 24.3 Å². The van der Waals surface area contributed by atoms with E-state index in [2.05, 4.69) is 5.32 Å². The van der Waals surface area contributed by atoms with Crippen molar-refractivity contribution in [1.82, 2.24) is 5.32 Å². The summed E-state index contributed by atoms with van der Waals surface area (Å²) >= 11 is 5.38. The molecule has 0 spiro atoms. The second-order valence-corrected chi connectivity index (χ2v) is 3.22. The molecule has 3 nitrogen and oxygen atoms in total. The molecule has 0 aromatic heterocycles. The fourth-order valence-electron chi connectivity index (χ4n) is 1.19. The molecule has 1 amide bonds. The van der Waals surface area contributed by atoms with Crippen LogP contribution in [-0.2, 0) is 11.3 Å². The monoisotopic (exact) mass is 227 g/mol. The summed E-state index contributed by atoms with van der Waals surface area (Å²) in [6, 6.07) is 7.60. The van der Waals surface area contributed by atoms with E-state index in [4.69, 9.17) is 16.3 Å². The number of ether oxygens (including phenoxy) is 1. The van der Waals surface area contributed by atoms with Crippen molar-refractivity contribution in [3.05, 3.63) is 29.8 Å². The van der Waals surface area contributed by atoms with Crippen LogP contribution in [0, 0.1) is 0 Å². The first-order valence-corrected chi connectivity index (χ1v) is 5.34. The maximum absolute atomic E-state index is 11.0. The molecule has 1 aromatic rings. The first kappa shape index (κ1) is 11.9. The van der Waals surface area contributed by atoms with Crippen LogP contribution in [0.3, 0.4) is 0 Å². The van der Waals surface area contributed by atoms with Gasteiger partial charge in [0, 0.05) is 12.1 Å². The molecule has 15 heavy (non-hydrogen) atoms. The SMILES string of the molecule is CCOc1ccccc1CNC(=O)CCl. The molecule has 0 heterocycles. The van der Waals surface area contributed by atoms with E-state index < -0.39 is 0 Å². The molecule has 82 valence electrons. The minimum atomic E-state index is -0.178. The summed E-state index contributed by atoms with van der Waals surface area (Å²) in [7, 11) is 0. The number of halogens is 1. The number of alkyl halides is 1. The summed E-state index contributed by atoms with van der Waals surface area (Å²) in [4.78, 5) is 11.0. The molecule has 0 saturated heterocycles. The van der Waals surface area contributed by atoms with Crippen LogP contribution in [0.1, 0.15) is 12.5 Å². The van der Waals surface area contributed by atoms with Crippen LogP contribution < -0.4 is 10.1 Å². The molecule has 1 N–H and O–H groups in total. The van der Waals surface area contributed by atoms with Crippen LogP contribution >= 0.6 is 11.6 Å². The van der Waals surface area contributed by atoms with Crippen LogP contribution in [0.4, 0.5) is 0 Å². The highest BCUT2D eigenvalue weighted by Gasteiger charge is 2.03. The number of benzene rings is 1. The van der Waals surface area contributed by atoms with E-state index in [0.29, 0.717) is 13.2 Å². The Balaban J connectivity index is 2.62. The first-order chi connectivity index (χ1) is 7.27. The Morgan fingerprint density at radius 1 is 1.47 bits per heavy atom. The molecule has 0 unspecified atom stereocenters. The smallest absolute Gasteiger partial charge is 0.235 e. The van der Waals surface area contributed by atoms with Gasteiger partial charge in [-0.25, -0.2) is 0 Å². The Kier molecular flexibility index (Phi) is 4.98. The van der Waals surface area contributed by atoms with Gasteiger partial charge in [0.2, 0.25) is 5.91 Å². The van der Waals surface area contributed by atoms with Crippen molar-refractivity contribution in [2.24, 2.45) is 0 Å². The third kappa shape index (κ3) is 3.80. The zero-order chi connectivity index (χ0) is 11.1. The highest BCUT2D eigenvalue weighted by molar-refractivity contribution is 6.27. The molecule has 0 saturated carbocycles. The van der Waals surface area contributed by atoms with E-state index in [1.165, 1.54) is 0 Å². The Labute approximate surface area is 94.4 Å². The summed E-state index contributed by atoms with van der Waals surface area (Å²) in [6.45, 7) is 2.98. The fourth-order valence-corrected chi connectivity index (χ4v) is 1.28. The molecule has 0 aliphatic carbocycles. The molecule has 0 atom stereocenters. The topological polar surface area (TPSA) is 38.3 Å². The lowest BCUT2D eigenvalue weighted by Gasteiger charge is -2.10. The van der Waals surface area contributed by atoms with Gasteiger partial charge in [-0.3, -0.25) is 4.79 Å². The van der Waals surface area contributed by atoms with Crippen molar-refractivity contribution in [3.63, 3.8) is 0 Å². The molecular weight excluding hydrogens is 214 g/mol. The van der Waals surface area contributed by atoms with E-state index in [-0.39, 0.29) is 11.8 Å². The number of amides is 1. The number of rotatable bonds is 5. The van der Waals surface area contributed by atoms with E-state index in [0.717, 1.165) is 11.3 Å². The normalized spacial score (nSPS) is 9.73. The summed E-state index contributed by atoms with van der Waals surface area (Å²) in [5.74, 6) is 0.606. The van der Waals surface area contributed by atoms with Crippen LogP contribution in [-0.4, -0.2) is 18.4 Å². The number of carbonyl (C=O) groups excluding carboxylic acids is 1. The van der Waals surface area contributed by atoms with Crippen molar-refractivity contribution in [2.45, 2.75) is 13.5 Å². The minimum Gasteiger partial charge on any atom is -0.494 e. The van der Waals surface area contributed by atoms with Gasteiger partial charge < -0.3 is 10.1 Å². The molecule has 0 aliphatic rings. The number of nitrogens with one attached hydrogen (secondary N) is 1. The Morgan fingerprint density at radius 2 is 2.20 bits per heavy atom. The van der Waals surface area contributed by atoms with Gasteiger partial charge in [-0.2, -0.15) is 0 Å². The Morgan fingerprint density at radius 3 is 2.87 bits per heavy atom. The molecule has 1 rings (SSSR count). The lowest BCUT2D eigenvalue weighted by atomic mass is 10.2. The lowest BCUT2D eigenvalue weighted by Crippen LogP contribution is -2.23. The van der Waals surface area contributed by atoms with E-state index in [1.807, 2.05) is 31.2 Å². The lowest BCUT2D eigenvalue weighted by molar-refractivity contribution is -0.118. The summed E-state index contributed by atoms with van der Waals surface area (Å²) in [5, 5.41) is 2.70. The Bertz CT molecular complexity index is 328. The highest BCUT2D eigenvalue weighted by Crippen LogP contribution is 2.17. The molecule has 0 bridgehead atoms. The Hall–Kier alpha value is -1.22. The maximum atomic E-state index is 11.0. The van der Waals surface area contributed by atoms with E-state index >= 15 is 0 Å². The highest BCUT2D eigenvalue weighted by atomic mass is 35.5. The van der Waals surface area contributed by atoms with Crippen molar-refractivity contribution < 1.29 is 9.53 Å². The maximum Gasteiger partial charge on any atom is 0.235 e. The van der Waals surface area contributed by atoms with Crippen LogP contribution in [0.25, 0.3) is 0 Å². The summed E-state index contributed by atoms with van der Waals surface area (Å²) < 4.78 is 5.42. The second kappa shape index (κ2) is 6.30. The van der Waals surface area contributed by atoms with Crippen molar-refractivity contribution >= 4 is 17.5 Å². The molecular formula is C11H14ClNO2. The number of hydrogen-bond donors (Lipinski definition) is 1. The molecule has 1 aromatic carbocycles. The molecule has 0 fully saturated rings. The first-order valence-electron chi connectivity index (χ1n) is 4.81. The fraction of sp³-hybridized carbons (Fsp3) is 0.364. The number of carbonyl (C=O) groups is 1. The van der Waals surface area contributed by atoms with Gasteiger partial charge in [0.25, 0.3) is 0 Å². The summed E-state index contributed by atoms with van der Waals surface area (Å²) in [5.41, 5.74) is 0.956. The standard InChI is InChI=1S/C11H14ClNO2/c1-2-15-10-6-4-3-5-9(10)8-13-11(14)7-12/h3-6H,2,7-8H2,1H3,(H,13,14). The van der Waals surface area contributed by atoms with Crippen LogP contribution in [0.2, 0.25) is 0 Å². The van der Waals surface area contributed by atoms with Gasteiger partial charge in [0.1, 0.15) is 11.6 Å². The third-order valence-electron chi connectivity index (χ3n) is 1.87. The zero-order valence-electron chi connectivity index (χ0n) is 8.63. The van der Waals surface area contributed by atoms with E-state index in [9.17, 15) is 4.79 Å². The third-order valence-corrected chi connectivity index (χ3v) is 2.11.